The van der Waals surface area contributed by atoms with E-state index < -0.39 is 52.1 Å². The number of nitrogens with one attached hydrogen (secondary N) is 1. The smallest absolute Gasteiger partial charge is 0.402 e. The molecule has 5 unspecified atom stereocenters. The zero-order valence-electron chi connectivity index (χ0n) is 13.4. The Bertz CT molecular complexity index is 737. The highest BCUT2D eigenvalue weighted by atomic mass is 32.2. The summed E-state index contributed by atoms with van der Waals surface area (Å²) in [5, 5.41) is -2.13. The van der Waals surface area contributed by atoms with Crippen molar-refractivity contribution in [3.8, 4) is 0 Å². The average Bonchev–Trinajstić information content (AvgIpc) is 3.13. The summed E-state index contributed by atoms with van der Waals surface area (Å²) in [7, 11) is -5.68. The number of esters is 2. The molecule has 0 radical (unpaired) electrons. The average molecular weight is 397 g/mol. The number of hydrogen-bond acceptors (Lipinski definition) is 7. The summed E-state index contributed by atoms with van der Waals surface area (Å²) in [5.41, 5.74) is 0. The first-order chi connectivity index (χ1) is 12.0. The molecule has 3 aliphatic rings. The van der Waals surface area contributed by atoms with Crippen molar-refractivity contribution in [2.45, 2.75) is 30.6 Å². The number of halogens is 2. The quantitative estimate of drug-likeness (QED) is 0.442. The van der Waals surface area contributed by atoms with Gasteiger partial charge >= 0.3 is 27.3 Å². The molecule has 0 spiro atoms. The summed E-state index contributed by atoms with van der Waals surface area (Å²) < 4.78 is 64.2. The molecule has 1 amide bonds. The monoisotopic (exact) mass is 397 g/mol. The zero-order chi connectivity index (χ0) is 19.3. The van der Waals surface area contributed by atoms with Gasteiger partial charge in [0.25, 0.3) is 0 Å². The molecular formula is C14H17F2NO8S. The van der Waals surface area contributed by atoms with Crippen LogP contribution in [0.2, 0.25) is 0 Å². The number of ether oxygens (including phenoxy) is 2. The van der Waals surface area contributed by atoms with E-state index in [9.17, 15) is 31.6 Å². The Hall–Kier alpha value is -1.82. The second kappa shape index (κ2) is 6.41. The zero-order valence-corrected chi connectivity index (χ0v) is 14.2. The fraction of sp³-hybridized carbons (Fsp3) is 0.786. The Kier molecular flexibility index (Phi) is 4.67. The minimum atomic E-state index is -5.68. The fourth-order valence-corrected chi connectivity index (χ4v) is 4.29. The maximum absolute atomic E-state index is 12.9. The molecule has 3 fully saturated rings. The van der Waals surface area contributed by atoms with E-state index in [2.05, 4.69) is 10.1 Å². The lowest BCUT2D eigenvalue weighted by Crippen LogP contribution is -2.40. The van der Waals surface area contributed by atoms with E-state index in [1.165, 1.54) is 0 Å². The highest BCUT2D eigenvalue weighted by molar-refractivity contribution is 7.86. The number of fused-ring (bicyclic) bond motifs is 1. The standard InChI is InChI=1S/C14H17F2NO8S/c15-14(16,26(21,22)23)5-24-9(18)1-2-17-12(19)10-6-3-7-8(4-6)25-13(20)11(7)10/h6-8,10-11H,1-5H2,(H,17,19)(H,21,22,23). The molecule has 9 nitrogen and oxygen atoms in total. The molecule has 12 heteroatoms. The van der Waals surface area contributed by atoms with Crippen LogP contribution in [0.5, 0.6) is 0 Å². The highest BCUT2D eigenvalue weighted by Crippen LogP contribution is 2.57. The number of amides is 1. The van der Waals surface area contributed by atoms with Gasteiger partial charge < -0.3 is 14.8 Å². The van der Waals surface area contributed by atoms with Crippen LogP contribution in [-0.2, 0) is 34.0 Å². The van der Waals surface area contributed by atoms with E-state index in [0.29, 0.717) is 6.42 Å². The van der Waals surface area contributed by atoms with Crippen LogP contribution in [0.25, 0.3) is 0 Å². The summed E-state index contributed by atoms with van der Waals surface area (Å²) in [4.78, 5) is 35.5. The predicted molar refractivity (Wildman–Crippen MR) is 78.2 cm³/mol. The molecule has 146 valence electrons. The summed E-state index contributed by atoms with van der Waals surface area (Å²) in [6, 6.07) is 0. The van der Waals surface area contributed by atoms with Crippen molar-refractivity contribution in [3.05, 3.63) is 0 Å². The molecule has 1 saturated heterocycles. The van der Waals surface area contributed by atoms with Crippen LogP contribution in [0.4, 0.5) is 8.78 Å². The van der Waals surface area contributed by atoms with E-state index >= 15 is 0 Å². The molecule has 0 aromatic rings. The van der Waals surface area contributed by atoms with Gasteiger partial charge in [-0.25, -0.2) is 0 Å². The molecule has 1 aliphatic heterocycles. The highest BCUT2D eigenvalue weighted by Gasteiger charge is 2.63. The molecule has 2 bridgehead atoms. The normalized spacial score (nSPS) is 32.4. The SMILES string of the molecule is O=C(CCNC(=O)C1C2CC3OC(=O)C1C3C2)OCC(F)(F)S(=O)(=O)O. The van der Waals surface area contributed by atoms with Gasteiger partial charge in [0.1, 0.15) is 6.10 Å². The minimum absolute atomic E-state index is 0.0434. The van der Waals surface area contributed by atoms with Gasteiger partial charge in [-0.05, 0) is 18.8 Å². The summed E-state index contributed by atoms with van der Waals surface area (Å²) >= 11 is 0. The number of hydrogen-bond donors (Lipinski definition) is 2. The van der Waals surface area contributed by atoms with Gasteiger partial charge in [-0.1, -0.05) is 0 Å². The fourth-order valence-electron chi connectivity index (χ4n) is 4.08. The van der Waals surface area contributed by atoms with Gasteiger partial charge in [-0.2, -0.15) is 17.2 Å². The lowest BCUT2D eigenvalue weighted by molar-refractivity contribution is -0.150. The second-order valence-electron chi connectivity index (χ2n) is 6.74. The van der Waals surface area contributed by atoms with E-state index in [-0.39, 0.29) is 30.5 Å². The Labute approximate surface area is 147 Å². The van der Waals surface area contributed by atoms with E-state index in [0.717, 1.165) is 6.42 Å². The predicted octanol–water partition coefficient (Wildman–Crippen LogP) is -0.286. The van der Waals surface area contributed by atoms with Crippen molar-refractivity contribution < 1.29 is 45.6 Å². The molecule has 2 aliphatic carbocycles. The van der Waals surface area contributed by atoms with Gasteiger partial charge in [-0.3, -0.25) is 18.9 Å². The van der Waals surface area contributed by atoms with Crippen molar-refractivity contribution in [2.24, 2.45) is 23.7 Å². The van der Waals surface area contributed by atoms with Crippen molar-refractivity contribution in [2.75, 3.05) is 13.2 Å². The number of carbonyl (C=O) groups excluding carboxylic acids is 3. The Morgan fingerprint density at radius 2 is 2.04 bits per heavy atom. The lowest BCUT2D eigenvalue weighted by Gasteiger charge is -2.23. The summed E-state index contributed by atoms with van der Waals surface area (Å²) in [6.45, 7) is -2.03. The molecule has 0 aromatic carbocycles. The van der Waals surface area contributed by atoms with Crippen LogP contribution in [0.15, 0.2) is 0 Å². The third kappa shape index (κ3) is 3.27. The molecule has 5 atom stereocenters. The lowest BCUT2D eigenvalue weighted by atomic mass is 9.79. The summed E-state index contributed by atoms with van der Waals surface area (Å²) in [5.74, 6) is -2.85. The van der Waals surface area contributed by atoms with Crippen LogP contribution in [0.3, 0.4) is 0 Å². The maximum atomic E-state index is 12.9. The van der Waals surface area contributed by atoms with Gasteiger partial charge in [0.15, 0.2) is 6.61 Å². The molecule has 2 saturated carbocycles. The number of carbonyl (C=O) groups is 3. The van der Waals surface area contributed by atoms with Crippen molar-refractivity contribution in [1.82, 2.24) is 5.32 Å². The first-order valence-corrected chi connectivity index (χ1v) is 9.44. The van der Waals surface area contributed by atoms with Crippen LogP contribution >= 0.6 is 0 Å². The molecule has 26 heavy (non-hydrogen) atoms. The largest absolute Gasteiger partial charge is 0.462 e. The van der Waals surface area contributed by atoms with Gasteiger partial charge in [0.05, 0.1) is 18.3 Å². The van der Waals surface area contributed by atoms with Crippen molar-refractivity contribution >= 4 is 28.0 Å². The van der Waals surface area contributed by atoms with Gasteiger partial charge in [-0.15, -0.1) is 0 Å². The van der Waals surface area contributed by atoms with E-state index in [4.69, 9.17) is 9.29 Å². The van der Waals surface area contributed by atoms with Crippen LogP contribution in [-0.4, -0.2) is 55.3 Å². The summed E-state index contributed by atoms with van der Waals surface area (Å²) in [6.07, 6.45) is 0.802. The molecule has 3 rings (SSSR count). The van der Waals surface area contributed by atoms with E-state index in [1.54, 1.807) is 0 Å². The third-order valence-electron chi connectivity index (χ3n) is 5.19. The Morgan fingerprint density at radius 3 is 2.69 bits per heavy atom. The van der Waals surface area contributed by atoms with Crippen molar-refractivity contribution in [3.63, 3.8) is 0 Å². The van der Waals surface area contributed by atoms with Crippen LogP contribution in [0, 0.1) is 23.7 Å². The molecular weight excluding hydrogens is 380 g/mol. The third-order valence-corrected chi connectivity index (χ3v) is 6.07. The van der Waals surface area contributed by atoms with Gasteiger partial charge in [0, 0.05) is 12.5 Å². The maximum Gasteiger partial charge on any atom is 0.402 e. The Balaban J connectivity index is 1.43. The first-order valence-electron chi connectivity index (χ1n) is 8.00. The second-order valence-corrected chi connectivity index (χ2v) is 8.28. The number of rotatable bonds is 7. The van der Waals surface area contributed by atoms with Crippen molar-refractivity contribution in [1.29, 1.82) is 0 Å². The topological polar surface area (TPSA) is 136 Å². The minimum Gasteiger partial charge on any atom is -0.462 e. The Morgan fingerprint density at radius 1 is 1.35 bits per heavy atom. The van der Waals surface area contributed by atoms with E-state index in [1.807, 2.05) is 0 Å². The molecule has 0 aromatic heterocycles. The first kappa shape index (κ1) is 19.0. The number of alkyl halides is 2. The molecule has 1 heterocycles. The van der Waals surface area contributed by atoms with Crippen LogP contribution in [0.1, 0.15) is 19.3 Å². The van der Waals surface area contributed by atoms with Gasteiger partial charge in [0.2, 0.25) is 5.91 Å². The van der Waals surface area contributed by atoms with Crippen LogP contribution < -0.4 is 5.32 Å². The molecule has 2 N–H and O–H groups in total.